The molecule has 0 aliphatic carbocycles. The maximum Gasteiger partial charge on any atom is 0.272 e. The van der Waals surface area contributed by atoms with Crippen molar-refractivity contribution in [2.45, 2.75) is 18.9 Å². The number of rotatable bonds is 2. The second kappa shape index (κ2) is 5.84. The number of nitrogens with zero attached hydrogens (tertiary/aromatic N) is 2. The molecule has 1 aromatic rings. The number of likely N-dealkylation sites (tertiary alicyclic amines) is 1. The maximum absolute atomic E-state index is 12.1. The molecular weight excluding hydrogens is 242 g/mol. The number of hydrogen-bond acceptors (Lipinski definition) is 4. The van der Waals surface area contributed by atoms with Crippen LogP contribution in [0.2, 0.25) is 0 Å². The van der Waals surface area contributed by atoms with Gasteiger partial charge in [0.1, 0.15) is 11.5 Å². The van der Waals surface area contributed by atoms with Crippen molar-refractivity contribution in [2.24, 2.45) is 0 Å². The SMILES string of the molecule is Cl.Nc1cccc(C(=O)N2CCCC2CO)n1. The molecule has 1 unspecified atom stereocenters. The van der Waals surface area contributed by atoms with Gasteiger partial charge in [-0.05, 0) is 25.0 Å². The summed E-state index contributed by atoms with van der Waals surface area (Å²) in [5, 5.41) is 9.15. The Hall–Kier alpha value is -1.33. The molecule has 1 saturated heterocycles. The largest absolute Gasteiger partial charge is 0.394 e. The van der Waals surface area contributed by atoms with Crippen LogP contribution in [0, 0.1) is 0 Å². The number of nitrogen functional groups attached to an aromatic ring is 1. The summed E-state index contributed by atoms with van der Waals surface area (Å²) < 4.78 is 0. The molecule has 1 aromatic heterocycles. The Morgan fingerprint density at radius 2 is 2.35 bits per heavy atom. The van der Waals surface area contributed by atoms with Crippen molar-refractivity contribution in [3.8, 4) is 0 Å². The van der Waals surface area contributed by atoms with E-state index in [0.717, 1.165) is 12.8 Å². The summed E-state index contributed by atoms with van der Waals surface area (Å²) >= 11 is 0. The zero-order chi connectivity index (χ0) is 11.5. The Bertz CT molecular complexity index is 400. The molecule has 17 heavy (non-hydrogen) atoms. The maximum atomic E-state index is 12.1. The highest BCUT2D eigenvalue weighted by atomic mass is 35.5. The van der Waals surface area contributed by atoms with Crippen LogP contribution in [0.4, 0.5) is 5.82 Å². The van der Waals surface area contributed by atoms with Gasteiger partial charge in [0.05, 0.1) is 12.6 Å². The number of nitrogens with two attached hydrogens (primary N) is 1. The fourth-order valence-corrected chi connectivity index (χ4v) is 2.01. The molecule has 94 valence electrons. The molecule has 3 N–H and O–H groups in total. The van der Waals surface area contributed by atoms with Crippen molar-refractivity contribution in [2.75, 3.05) is 18.9 Å². The number of carbonyl (C=O) groups is 1. The van der Waals surface area contributed by atoms with Crippen molar-refractivity contribution in [3.63, 3.8) is 0 Å². The van der Waals surface area contributed by atoms with Gasteiger partial charge in [-0.15, -0.1) is 12.4 Å². The zero-order valence-electron chi connectivity index (χ0n) is 9.37. The molecule has 0 aromatic carbocycles. The lowest BCUT2D eigenvalue weighted by atomic mass is 10.2. The molecule has 0 spiro atoms. The van der Waals surface area contributed by atoms with Crippen LogP contribution in [0.25, 0.3) is 0 Å². The molecule has 6 heteroatoms. The number of aromatic nitrogens is 1. The number of anilines is 1. The molecular formula is C11H16ClN3O2. The average molecular weight is 258 g/mol. The van der Waals surface area contributed by atoms with Crippen LogP contribution < -0.4 is 5.73 Å². The molecule has 0 radical (unpaired) electrons. The molecule has 1 aliphatic rings. The van der Waals surface area contributed by atoms with Gasteiger partial charge >= 0.3 is 0 Å². The molecule has 2 heterocycles. The summed E-state index contributed by atoms with van der Waals surface area (Å²) in [7, 11) is 0. The second-order valence-electron chi connectivity index (χ2n) is 3.92. The number of aliphatic hydroxyl groups excluding tert-OH is 1. The monoisotopic (exact) mass is 257 g/mol. The van der Waals surface area contributed by atoms with Crippen molar-refractivity contribution >= 4 is 24.1 Å². The first kappa shape index (κ1) is 13.7. The third-order valence-electron chi connectivity index (χ3n) is 2.84. The fraction of sp³-hybridized carbons (Fsp3) is 0.455. The van der Waals surface area contributed by atoms with E-state index in [0.29, 0.717) is 18.1 Å². The topological polar surface area (TPSA) is 79.5 Å². The van der Waals surface area contributed by atoms with E-state index >= 15 is 0 Å². The van der Waals surface area contributed by atoms with Gasteiger partial charge in [-0.3, -0.25) is 4.79 Å². The minimum absolute atomic E-state index is 0. The van der Waals surface area contributed by atoms with E-state index < -0.39 is 0 Å². The van der Waals surface area contributed by atoms with Gasteiger partial charge in [0, 0.05) is 6.54 Å². The molecule has 5 nitrogen and oxygen atoms in total. The van der Waals surface area contributed by atoms with Gasteiger partial charge in [0.25, 0.3) is 5.91 Å². The molecule has 0 bridgehead atoms. The van der Waals surface area contributed by atoms with E-state index in [-0.39, 0.29) is 31.0 Å². The number of hydrogen-bond donors (Lipinski definition) is 2. The summed E-state index contributed by atoms with van der Waals surface area (Å²) in [5.74, 6) is 0.189. The Morgan fingerprint density at radius 3 is 3.00 bits per heavy atom. The van der Waals surface area contributed by atoms with E-state index in [4.69, 9.17) is 10.8 Å². The third kappa shape index (κ3) is 2.87. The molecule has 1 fully saturated rings. The minimum atomic E-state index is -0.149. The fourth-order valence-electron chi connectivity index (χ4n) is 2.01. The second-order valence-corrected chi connectivity index (χ2v) is 3.92. The first-order valence-electron chi connectivity index (χ1n) is 5.36. The van der Waals surface area contributed by atoms with Gasteiger partial charge in [-0.2, -0.15) is 0 Å². The van der Waals surface area contributed by atoms with E-state index in [1.807, 2.05) is 0 Å². The molecule has 1 atom stereocenters. The van der Waals surface area contributed by atoms with Crippen LogP contribution in [-0.2, 0) is 0 Å². The Balaban J connectivity index is 0.00000144. The number of halogens is 1. The Morgan fingerprint density at radius 1 is 1.59 bits per heavy atom. The number of aliphatic hydroxyl groups is 1. The highest BCUT2D eigenvalue weighted by Crippen LogP contribution is 2.19. The van der Waals surface area contributed by atoms with Crippen LogP contribution in [-0.4, -0.2) is 40.1 Å². The smallest absolute Gasteiger partial charge is 0.272 e. The van der Waals surface area contributed by atoms with Crippen LogP contribution in [0.5, 0.6) is 0 Å². The van der Waals surface area contributed by atoms with Crippen LogP contribution >= 0.6 is 12.4 Å². The van der Waals surface area contributed by atoms with Crippen LogP contribution in [0.3, 0.4) is 0 Å². The van der Waals surface area contributed by atoms with Crippen LogP contribution in [0.1, 0.15) is 23.3 Å². The van der Waals surface area contributed by atoms with Crippen molar-refractivity contribution in [1.82, 2.24) is 9.88 Å². The predicted molar refractivity (Wildman–Crippen MR) is 67.0 cm³/mol. The lowest BCUT2D eigenvalue weighted by molar-refractivity contribution is 0.0672. The first-order chi connectivity index (χ1) is 7.72. The Labute approximate surface area is 106 Å². The number of carbonyl (C=O) groups excluding carboxylic acids is 1. The zero-order valence-corrected chi connectivity index (χ0v) is 10.2. The van der Waals surface area contributed by atoms with Crippen LogP contribution in [0.15, 0.2) is 18.2 Å². The minimum Gasteiger partial charge on any atom is -0.394 e. The summed E-state index contributed by atoms with van der Waals surface area (Å²) in [4.78, 5) is 17.7. The third-order valence-corrected chi connectivity index (χ3v) is 2.84. The number of pyridine rings is 1. The normalized spacial score (nSPS) is 18.9. The average Bonchev–Trinajstić information content (AvgIpc) is 2.76. The lowest BCUT2D eigenvalue weighted by Gasteiger charge is -2.22. The van der Waals surface area contributed by atoms with Gasteiger partial charge in [0.15, 0.2) is 0 Å². The van der Waals surface area contributed by atoms with Crippen molar-refractivity contribution < 1.29 is 9.90 Å². The van der Waals surface area contributed by atoms with E-state index in [2.05, 4.69) is 4.98 Å². The summed E-state index contributed by atoms with van der Waals surface area (Å²) in [6, 6.07) is 4.92. The van der Waals surface area contributed by atoms with E-state index in [1.54, 1.807) is 23.1 Å². The lowest BCUT2D eigenvalue weighted by Crippen LogP contribution is -2.38. The van der Waals surface area contributed by atoms with Gasteiger partial charge in [-0.25, -0.2) is 4.98 Å². The van der Waals surface area contributed by atoms with Gasteiger partial charge in [-0.1, -0.05) is 6.07 Å². The molecule has 2 rings (SSSR count). The van der Waals surface area contributed by atoms with Crippen molar-refractivity contribution in [1.29, 1.82) is 0 Å². The molecule has 0 saturated carbocycles. The van der Waals surface area contributed by atoms with Gasteiger partial charge < -0.3 is 15.7 Å². The van der Waals surface area contributed by atoms with E-state index in [1.165, 1.54) is 0 Å². The highest BCUT2D eigenvalue weighted by molar-refractivity contribution is 5.93. The van der Waals surface area contributed by atoms with Crippen molar-refractivity contribution in [3.05, 3.63) is 23.9 Å². The molecule has 1 aliphatic heterocycles. The molecule has 1 amide bonds. The van der Waals surface area contributed by atoms with E-state index in [9.17, 15) is 4.79 Å². The summed E-state index contributed by atoms with van der Waals surface area (Å²) in [6.07, 6.45) is 1.78. The summed E-state index contributed by atoms with van der Waals surface area (Å²) in [5.41, 5.74) is 5.88. The summed E-state index contributed by atoms with van der Waals surface area (Å²) in [6.45, 7) is 0.689. The number of amides is 1. The standard InChI is InChI=1S/C11H15N3O2.ClH/c12-10-5-1-4-9(13-10)11(16)14-6-2-3-8(14)7-15;/h1,4-5,8,15H,2-3,6-7H2,(H2,12,13);1H. The quantitative estimate of drug-likeness (QED) is 0.817. The Kier molecular flexibility index (Phi) is 4.72. The predicted octanol–water partition coefficient (Wildman–Crippen LogP) is 0.682. The first-order valence-corrected chi connectivity index (χ1v) is 5.36. The van der Waals surface area contributed by atoms with Gasteiger partial charge in [0.2, 0.25) is 0 Å². The highest BCUT2D eigenvalue weighted by Gasteiger charge is 2.29.